The molecule has 2 nitrogen and oxygen atoms in total. The minimum atomic E-state index is 0.0839. The molecule has 0 fully saturated rings. The third-order valence-corrected chi connectivity index (χ3v) is 3.00. The molecule has 0 spiro atoms. The molecule has 1 aromatic carbocycles. The van der Waals surface area contributed by atoms with E-state index in [0.717, 1.165) is 11.1 Å². The third kappa shape index (κ3) is 4.57. The zero-order valence-electron chi connectivity index (χ0n) is 9.96. The molecule has 17 heavy (non-hydrogen) atoms. The number of benzene rings is 1. The minimum Gasteiger partial charge on any atom is -0.340 e. The van der Waals surface area contributed by atoms with Gasteiger partial charge in [-0.15, -0.1) is 23.2 Å². The van der Waals surface area contributed by atoms with Gasteiger partial charge in [-0.25, -0.2) is 0 Å². The maximum atomic E-state index is 12.1. The number of halogens is 2. The van der Waals surface area contributed by atoms with E-state index in [4.69, 9.17) is 23.2 Å². The highest BCUT2D eigenvalue weighted by atomic mass is 35.5. The fourth-order valence-corrected chi connectivity index (χ4v) is 2.06. The zero-order valence-corrected chi connectivity index (χ0v) is 11.5. The lowest BCUT2D eigenvalue weighted by Gasteiger charge is -2.21. The van der Waals surface area contributed by atoms with Gasteiger partial charge in [-0.1, -0.05) is 24.3 Å². The van der Waals surface area contributed by atoms with Crippen LogP contribution in [0.2, 0.25) is 0 Å². The van der Waals surface area contributed by atoms with Crippen molar-refractivity contribution < 1.29 is 4.79 Å². The average molecular weight is 274 g/mol. The summed E-state index contributed by atoms with van der Waals surface area (Å²) in [4.78, 5) is 13.8. The summed E-state index contributed by atoms with van der Waals surface area (Å²) in [6.45, 7) is 3.12. The Morgan fingerprint density at radius 2 is 1.76 bits per heavy atom. The molecular weight excluding hydrogens is 257 g/mol. The van der Waals surface area contributed by atoms with Crippen LogP contribution in [-0.2, 0) is 11.2 Å². The lowest BCUT2D eigenvalue weighted by atomic mass is 10.1. The van der Waals surface area contributed by atoms with Crippen LogP contribution in [0.25, 0.3) is 0 Å². The van der Waals surface area contributed by atoms with Crippen LogP contribution < -0.4 is 0 Å². The monoisotopic (exact) mass is 273 g/mol. The van der Waals surface area contributed by atoms with Crippen molar-refractivity contribution in [3.05, 3.63) is 35.4 Å². The van der Waals surface area contributed by atoms with Gasteiger partial charge in [0.1, 0.15) is 0 Å². The number of rotatable bonds is 6. The van der Waals surface area contributed by atoms with Crippen LogP contribution in [0.1, 0.15) is 11.1 Å². The highest BCUT2D eigenvalue weighted by Gasteiger charge is 2.13. The van der Waals surface area contributed by atoms with Gasteiger partial charge in [0.05, 0.1) is 6.42 Å². The van der Waals surface area contributed by atoms with Gasteiger partial charge in [-0.2, -0.15) is 0 Å². The van der Waals surface area contributed by atoms with Crippen molar-refractivity contribution in [2.45, 2.75) is 13.3 Å². The molecule has 0 bridgehead atoms. The molecule has 94 valence electrons. The normalized spacial score (nSPS) is 10.3. The number of alkyl halides is 2. The van der Waals surface area contributed by atoms with Crippen LogP contribution >= 0.6 is 23.2 Å². The van der Waals surface area contributed by atoms with E-state index in [1.54, 1.807) is 4.90 Å². The summed E-state index contributed by atoms with van der Waals surface area (Å²) in [6.07, 6.45) is 0.417. The molecule has 0 saturated carbocycles. The molecule has 1 amide bonds. The summed E-state index contributed by atoms with van der Waals surface area (Å²) in [6, 6.07) is 7.91. The van der Waals surface area contributed by atoms with E-state index in [2.05, 4.69) is 0 Å². The van der Waals surface area contributed by atoms with Gasteiger partial charge >= 0.3 is 0 Å². The van der Waals surface area contributed by atoms with E-state index in [1.165, 1.54) is 0 Å². The van der Waals surface area contributed by atoms with Crippen molar-refractivity contribution in [2.24, 2.45) is 0 Å². The van der Waals surface area contributed by atoms with Crippen molar-refractivity contribution in [2.75, 3.05) is 24.8 Å². The lowest BCUT2D eigenvalue weighted by Crippen LogP contribution is -2.35. The Labute approximate surface area is 113 Å². The Hall–Kier alpha value is -0.730. The van der Waals surface area contributed by atoms with Gasteiger partial charge in [0.15, 0.2) is 0 Å². The Bertz CT molecular complexity index is 362. The van der Waals surface area contributed by atoms with Crippen molar-refractivity contribution in [3.8, 4) is 0 Å². The second kappa shape index (κ2) is 7.57. The molecule has 0 heterocycles. The van der Waals surface area contributed by atoms with Crippen LogP contribution in [-0.4, -0.2) is 35.7 Å². The van der Waals surface area contributed by atoms with Crippen molar-refractivity contribution in [1.82, 2.24) is 4.90 Å². The molecule has 0 aliphatic rings. The lowest BCUT2D eigenvalue weighted by molar-refractivity contribution is -0.130. The predicted octanol–water partition coefficient (Wildman–Crippen LogP) is 2.84. The van der Waals surface area contributed by atoms with Crippen molar-refractivity contribution >= 4 is 29.1 Å². The van der Waals surface area contributed by atoms with E-state index in [0.29, 0.717) is 31.3 Å². The fourth-order valence-electron chi connectivity index (χ4n) is 1.65. The third-order valence-electron chi connectivity index (χ3n) is 2.66. The number of carbonyl (C=O) groups is 1. The SMILES string of the molecule is Cc1ccccc1CC(=O)N(CCCl)CCCl. The summed E-state index contributed by atoms with van der Waals surface area (Å²) in [5.41, 5.74) is 2.20. The Kier molecular flexibility index (Phi) is 6.38. The molecule has 0 unspecified atom stereocenters. The van der Waals surface area contributed by atoms with Gasteiger partial charge < -0.3 is 4.90 Å². The highest BCUT2D eigenvalue weighted by molar-refractivity contribution is 6.18. The van der Waals surface area contributed by atoms with Gasteiger partial charge in [-0.05, 0) is 18.1 Å². The topological polar surface area (TPSA) is 20.3 Å². The molecule has 0 atom stereocenters. The average Bonchev–Trinajstić information content (AvgIpc) is 2.32. The summed E-state index contributed by atoms with van der Waals surface area (Å²) in [7, 11) is 0. The molecule has 0 radical (unpaired) electrons. The minimum absolute atomic E-state index is 0.0839. The standard InChI is InChI=1S/C13H17Cl2NO/c1-11-4-2-3-5-12(11)10-13(17)16(8-6-14)9-7-15/h2-5H,6-10H2,1H3. The number of aryl methyl sites for hydroxylation is 1. The van der Waals surface area contributed by atoms with Crippen LogP contribution in [0.3, 0.4) is 0 Å². The quantitative estimate of drug-likeness (QED) is 0.730. The first-order valence-electron chi connectivity index (χ1n) is 5.63. The van der Waals surface area contributed by atoms with Crippen molar-refractivity contribution in [3.63, 3.8) is 0 Å². The second-order valence-corrected chi connectivity index (χ2v) is 4.62. The van der Waals surface area contributed by atoms with E-state index in [-0.39, 0.29) is 5.91 Å². The molecular formula is C13H17Cl2NO. The summed E-state index contributed by atoms with van der Waals surface area (Å²) < 4.78 is 0. The number of hydrogen-bond donors (Lipinski definition) is 0. The van der Waals surface area contributed by atoms with Crippen LogP contribution in [0, 0.1) is 6.92 Å². The van der Waals surface area contributed by atoms with Crippen LogP contribution in [0.4, 0.5) is 0 Å². The maximum absolute atomic E-state index is 12.1. The number of carbonyl (C=O) groups excluding carboxylic acids is 1. The molecule has 1 aromatic rings. The zero-order chi connectivity index (χ0) is 12.7. The Morgan fingerprint density at radius 1 is 1.18 bits per heavy atom. The fraction of sp³-hybridized carbons (Fsp3) is 0.462. The van der Waals surface area contributed by atoms with E-state index < -0.39 is 0 Å². The highest BCUT2D eigenvalue weighted by Crippen LogP contribution is 2.09. The Balaban J connectivity index is 2.66. The number of amides is 1. The maximum Gasteiger partial charge on any atom is 0.227 e. The molecule has 0 aliphatic heterocycles. The molecule has 0 N–H and O–H groups in total. The molecule has 0 aromatic heterocycles. The predicted molar refractivity (Wildman–Crippen MR) is 72.9 cm³/mol. The van der Waals surface area contributed by atoms with Gasteiger partial charge in [-0.3, -0.25) is 4.79 Å². The smallest absolute Gasteiger partial charge is 0.227 e. The van der Waals surface area contributed by atoms with E-state index >= 15 is 0 Å². The first-order chi connectivity index (χ1) is 8.19. The van der Waals surface area contributed by atoms with E-state index in [9.17, 15) is 4.79 Å². The summed E-state index contributed by atoms with van der Waals surface area (Å²) in [5, 5.41) is 0. The molecule has 1 rings (SSSR count). The Morgan fingerprint density at radius 3 is 2.29 bits per heavy atom. The van der Waals surface area contributed by atoms with E-state index in [1.807, 2.05) is 31.2 Å². The van der Waals surface area contributed by atoms with Crippen LogP contribution in [0.15, 0.2) is 24.3 Å². The van der Waals surface area contributed by atoms with Gasteiger partial charge in [0.2, 0.25) is 5.91 Å². The second-order valence-electron chi connectivity index (χ2n) is 3.86. The molecule has 4 heteroatoms. The summed E-state index contributed by atoms with van der Waals surface area (Å²) in [5.74, 6) is 0.966. The van der Waals surface area contributed by atoms with Gasteiger partial charge in [0.25, 0.3) is 0 Å². The van der Waals surface area contributed by atoms with Gasteiger partial charge in [0, 0.05) is 24.8 Å². The molecule has 0 aliphatic carbocycles. The first-order valence-corrected chi connectivity index (χ1v) is 6.70. The largest absolute Gasteiger partial charge is 0.340 e. The summed E-state index contributed by atoms with van der Waals surface area (Å²) >= 11 is 11.3. The number of nitrogens with zero attached hydrogens (tertiary/aromatic N) is 1. The van der Waals surface area contributed by atoms with Crippen molar-refractivity contribution in [1.29, 1.82) is 0 Å². The first kappa shape index (κ1) is 14.3. The van der Waals surface area contributed by atoms with Crippen LogP contribution in [0.5, 0.6) is 0 Å². The number of hydrogen-bond acceptors (Lipinski definition) is 1. The molecule has 0 saturated heterocycles.